The van der Waals surface area contributed by atoms with Crippen molar-refractivity contribution < 1.29 is 19.0 Å². The zero-order valence-corrected chi connectivity index (χ0v) is 10.0. The Labute approximate surface area is 100 Å². The molecule has 1 rings (SSSR count). The lowest BCUT2D eigenvalue weighted by Crippen LogP contribution is -2.15. The van der Waals surface area contributed by atoms with Crippen molar-refractivity contribution in [2.45, 2.75) is 32.5 Å². The van der Waals surface area contributed by atoms with E-state index in [1.54, 1.807) is 31.2 Å². The van der Waals surface area contributed by atoms with Gasteiger partial charge in [-0.05, 0) is 25.0 Å². The summed E-state index contributed by atoms with van der Waals surface area (Å²) in [6.07, 6.45) is -1.99. The summed E-state index contributed by atoms with van der Waals surface area (Å²) in [6, 6.07) is 6.69. The van der Waals surface area contributed by atoms with Crippen molar-refractivity contribution in [3.05, 3.63) is 35.4 Å². The smallest absolute Gasteiger partial charge is 0.339 e. The lowest BCUT2D eigenvalue weighted by atomic mass is 10.0. The first kappa shape index (κ1) is 13.6. The number of ether oxygens (including phenoxy) is 1. The molecule has 2 atom stereocenters. The van der Waals surface area contributed by atoms with Gasteiger partial charge in [0.1, 0.15) is 6.17 Å². The van der Waals surface area contributed by atoms with E-state index in [9.17, 15) is 14.3 Å². The maximum atomic E-state index is 12.8. The largest absolute Gasteiger partial charge is 0.464 e. The number of halogens is 1. The van der Waals surface area contributed by atoms with Crippen molar-refractivity contribution >= 4 is 5.97 Å². The van der Waals surface area contributed by atoms with E-state index in [1.165, 1.54) is 6.92 Å². The number of hydrogen-bond donors (Lipinski definition) is 1. The molecule has 1 N–H and O–H groups in total. The highest BCUT2D eigenvalue weighted by Gasteiger charge is 2.18. The third-order valence-electron chi connectivity index (χ3n) is 2.29. The minimum absolute atomic E-state index is 0.219. The van der Waals surface area contributed by atoms with E-state index in [0.29, 0.717) is 5.56 Å². The molecule has 0 aliphatic rings. The molecule has 0 saturated carbocycles. The third-order valence-corrected chi connectivity index (χ3v) is 2.29. The molecular formula is C13H17FO3. The Hall–Kier alpha value is -1.42. The van der Waals surface area contributed by atoms with E-state index in [4.69, 9.17) is 4.74 Å². The molecule has 0 heterocycles. The monoisotopic (exact) mass is 240 g/mol. The SMILES string of the molecule is CCOC(=O)C(O)c1cccc(CC(C)F)c1. The topological polar surface area (TPSA) is 46.5 Å². The van der Waals surface area contributed by atoms with E-state index < -0.39 is 18.2 Å². The molecule has 0 aliphatic carbocycles. The summed E-state index contributed by atoms with van der Waals surface area (Å²) in [6.45, 7) is 3.36. The van der Waals surface area contributed by atoms with Crippen molar-refractivity contribution in [2.24, 2.45) is 0 Å². The molecule has 0 fully saturated rings. The molecule has 0 radical (unpaired) electrons. The first-order valence-electron chi connectivity index (χ1n) is 5.62. The first-order chi connectivity index (χ1) is 8.04. The second-order valence-electron chi connectivity index (χ2n) is 3.88. The molecule has 3 nitrogen and oxygen atoms in total. The fraction of sp³-hybridized carbons (Fsp3) is 0.462. The van der Waals surface area contributed by atoms with Crippen molar-refractivity contribution in [2.75, 3.05) is 6.61 Å². The number of aliphatic hydroxyl groups excluding tert-OH is 1. The average Bonchev–Trinajstić information content (AvgIpc) is 2.28. The molecule has 1 aromatic rings. The number of aliphatic hydroxyl groups is 1. The molecule has 0 bridgehead atoms. The predicted octanol–water partition coefficient (Wildman–Crippen LogP) is 2.18. The Bertz CT molecular complexity index is 377. The van der Waals surface area contributed by atoms with Gasteiger partial charge in [0.05, 0.1) is 6.61 Å². The van der Waals surface area contributed by atoms with Crippen LogP contribution in [0.25, 0.3) is 0 Å². The van der Waals surface area contributed by atoms with Crippen LogP contribution in [-0.2, 0) is 16.0 Å². The van der Waals surface area contributed by atoms with Gasteiger partial charge in [-0.15, -0.1) is 0 Å². The maximum absolute atomic E-state index is 12.8. The van der Waals surface area contributed by atoms with E-state index in [0.717, 1.165) is 5.56 Å². The Kier molecular flexibility index (Phi) is 5.10. The molecule has 0 aliphatic heterocycles. The number of rotatable bonds is 5. The van der Waals surface area contributed by atoms with Gasteiger partial charge in [0.15, 0.2) is 6.10 Å². The summed E-state index contributed by atoms with van der Waals surface area (Å²) >= 11 is 0. The lowest BCUT2D eigenvalue weighted by molar-refractivity contribution is -0.153. The molecular weight excluding hydrogens is 223 g/mol. The number of hydrogen-bond acceptors (Lipinski definition) is 3. The summed E-state index contributed by atoms with van der Waals surface area (Å²) in [5, 5.41) is 9.71. The van der Waals surface area contributed by atoms with Crippen molar-refractivity contribution in [3.8, 4) is 0 Å². The van der Waals surface area contributed by atoms with Gasteiger partial charge in [-0.3, -0.25) is 0 Å². The van der Waals surface area contributed by atoms with Crippen LogP contribution in [0.5, 0.6) is 0 Å². The standard InChI is InChI=1S/C13H17FO3/c1-3-17-13(16)12(15)11-6-4-5-10(8-11)7-9(2)14/h4-6,8-9,12,15H,3,7H2,1-2H3. The van der Waals surface area contributed by atoms with Crippen molar-refractivity contribution in [1.29, 1.82) is 0 Å². The van der Waals surface area contributed by atoms with Crippen LogP contribution in [0.15, 0.2) is 24.3 Å². The van der Waals surface area contributed by atoms with Crippen LogP contribution in [0.2, 0.25) is 0 Å². The number of carbonyl (C=O) groups excluding carboxylic acids is 1. The van der Waals surface area contributed by atoms with Crippen LogP contribution < -0.4 is 0 Å². The minimum atomic E-state index is -1.30. The normalized spacial score (nSPS) is 14.1. The highest BCUT2D eigenvalue weighted by atomic mass is 19.1. The molecule has 17 heavy (non-hydrogen) atoms. The van der Waals surface area contributed by atoms with Crippen LogP contribution in [0.1, 0.15) is 31.1 Å². The molecule has 0 aromatic heterocycles. The Morgan fingerprint density at radius 1 is 1.53 bits per heavy atom. The molecule has 2 unspecified atom stereocenters. The van der Waals surface area contributed by atoms with Crippen LogP contribution in [-0.4, -0.2) is 23.9 Å². The van der Waals surface area contributed by atoms with E-state index >= 15 is 0 Å². The summed E-state index contributed by atoms with van der Waals surface area (Å²) in [4.78, 5) is 11.3. The minimum Gasteiger partial charge on any atom is -0.464 e. The highest BCUT2D eigenvalue weighted by molar-refractivity contribution is 5.76. The zero-order valence-electron chi connectivity index (χ0n) is 10.0. The van der Waals surface area contributed by atoms with Gasteiger partial charge >= 0.3 is 5.97 Å². The van der Waals surface area contributed by atoms with Crippen LogP contribution in [0.4, 0.5) is 4.39 Å². The molecule has 0 spiro atoms. The second-order valence-corrected chi connectivity index (χ2v) is 3.88. The van der Waals surface area contributed by atoms with Crippen LogP contribution in [0, 0.1) is 0 Å². The van der Waals surface area contributed by atoms with E-state index in [1.807, 2.05) is 0 Å². The van der Waals surface area contributed by atoms with Crippen molar-refractivity contribution in [3.63, 3.8) is 0 Å². The summed E-state index contributed by atoms with van der Waals surface area (Å²) in [5.41, 5.74) is 1.18. The van der Waals surface area contributed by atoms with Gasteiger partial charge in [0, 0.05) is 6.42 Å². The first-order valence-corrected chi connectivity index (χ1v) is 5.62. The molecule has 0 amide bonds. The molecule has 4 heteroatoms. The van der Waals surface area contributed by atoms with Crippen LogP contribution >= 0.6 is 0 Å². The number of benzene rings is 1. The summed E-state index contributed by atoms with van der Waals surface area (Å²) in [7, 11) is 0. The van der Waals surface area contributed by atoms with Gasteiger partial charge in [0.25, 0.3) is 0 Å². The molecule has 0 saturated heterocycles. The molecule has 94 valence electrons. The van der Waals surface area contributed by atoms with Gasteiger partial charge in [-0.1, -0.05) is 24.3 Å². The van der Waals surface area contributed by atoms with Gasteiger partial charge in [-0.25, -0.2) is 9.18 Å². The third kappa shape index (κ3) is 4.15. The predicted molar refractivity (Wildman–Crippen MR) is 62.3 cm³/mol. The van der Waals surface area contributed by atoms with Gasteiger partial charge in [0.2, 0.25) is 0 Å². The Morgan fingerprint density at radius 3 is 2.82 bits per heavy atom. The Morgan fingerprint density at radius 2 is 2.24 bits per heavy atom. The molecule has 1 aromatic carbocycles. The quantitative estimate of drug-likeness (QED) is 0.802. The zero-order chi connectivity index (χ0) is 12.8. The highest BCUT2D eigenvalue weighted by Crippen LogP contribution is 2.17. The number of carbonyl (C=O) groups is 1. The number of esters is 1. The van der Waals surface area contributed by atoms with Gasteiger partial charge < -0.3 is 9.84 Å². The van der Waals surface area contributed by atoms with Crippen LogP contribution in [0.3, 0.4) is 0 Å². The van der Waals surface area contributed by atoms with E-state index in [-0.39, 0.29) is 13.0 Å². The lowest BCUT2D eigenvalue weighted by Gasteiger charge is -2.11. The Balaban J connectivity index is 2.80. The second kappa shape index (κ2) is 6.35. The maximum Gasteiger partial charge on any atom is 0.339 e. The summed E-state index contributed by atoms with van der Waals surface area (Å²) in [5.74, 6) is -0.682. The van der Waals surface area contributed by atoms with Crippen molar-refractivity contribution in [1.82, 2.24) is 0 Å². The fourth-order valence-electron chi connectivity index (χ4n) is 1.57. The van der Waals surface area contributed by atoms with Gasteiger partial charge in [-0.2, -0.15) is 0 Å². The summed E-state index contributed by atoms with van der Waals surface area (Å²) < 4.78 is 17.6. The van der Waals surface area contributed by atoms with E-state index in [2.05, 4.69) is 0 Å². The average molecular weight is 240 g/mol. The fourth-order valence-corrected chi connectivity index (χ4v) is 1.57. The number of alkyl halides is 1.